The van der Waals surface area contributed by atoms with Gasteiger partial charge in [0.25, 0.3) is 5.56 Å². The van der Waals surface area contributed by atoms with Crippen molar-refractivity contribution in [2.75, 3.05) is 13.7 Å². The maximum Gasteiger partial charge on any atom is 0.330 e. The van der Waals surface area contributed by atoms with E-state index in [2.05, 4.69) is 0 Å². The van der Waals surface area contributed by atoms with Gasteiger partial charge in [0.2, 0.25) is 0 Å². The largest absolute Gasteiger partial charge is 0.387 e. The van der Waals surface area contributed by atoms with E-state index in [0.29, 0.717) is 0 Å². The summed E-state index contributed by atoms with van der Waals surface area (Å²) >= 11 is 0. The highest BCUT2D eigenvalue weighted by Gasteiger charge is 2.43. The first-order valence-corrected chi connectivity index (χ1v) is 5.36. The van der Waals surface area contributed by atoms with Gasteiger partial charge in [-0.05, 0) is 0 Å². The molecule has 1 aliphatic heterocycles. The van der Waals surface area contributed by atoms with Crippen LogP contribution in [0.2, 0.25) is 0 Å². The van der Waals surface area contributed by atoms with Gasteiger partial charge >= 0.3 is 5.69 Å². The third-order valence-corrected chi connectivity index (χ3v) is 2.79. The molecule has 0 saturated carbocycles. The fourth-order valence-electron chi connectivity index (χ4n) is 1.89. The first-order chi connectivity index (χ1) is 8.54. The van der Waals surface area contributed by atoms with Crippen molar-refractivity contribution in [3.8, 4) is 0 Å². The van der Waals surface area contributed by atoms with Crippen molar-refractivity contribution >= 4 is 0 Å². The van der Waals surface area contributed by atoms with Gasteiger partial charge in [0.1, 0.15) is 18.3 Å². The Bertz CT molecular complexity index is 524. The smallest absolute Gasteiger partial charge is 0.330 e. The number of aromatic nitrogens is 2. The molecule has 1 aromatic heterocycles. The van der Waals surface area contributed by atoms with Crippen molar-refractivity contribution in [2.24, 2.45) is 0 Å². The average molecular weight is 258 g/mol. The number of nitrogens with zero attached hydrogens (tertiary/aromatic N) is 1. The van der Waals surface area contributed by atoms with E-state index in [0.717, 1.165) is 10.6 Å². The standard InChI is InChI=1S/C10H14N2O6/c1-17-4-5-7(14)8(15)9(18-5)12-3-2-6(13)11-10(12)16/h2-3,5,7-9,14-15H,4H2,1H3,(H,11,13,16). The van der Waals surface area contributed by atoms with E-state index < -0.39 is 35.8 Å². The van der Waals surface area contributed by atoms with Crippen molar-refractivity contribution in [1.29, 1.82) is 0 Å². The Kier molecular flexibility index (Phi) is 3.62. The maximum atomic E-state index is 11.5. The Hall–Kier alpha value is -1.48. The van der Waals surface area contributed by atoms with Crippen LogP contribution in [-0.4, -0.2) is 51.8 Å². The van der Waals surface area contributed by atoms with Crippen molar-refractivity contribution in [2.45, 2.75) is 24.5 Å². The third kappa shape index (κ3) is 2.23. The Morgan fingerprint density at radius 2 is 2.17 bits per heavy atom. The van der Waals surface area contributed by atoms with E-state index in [-0.39, 0.29) is 6.61 Å². The highest BCUT2D eigenvalue weighted by Crippen LogP contribution is 2.28. The summed E-state index contributed by atoms with van der Waals surface area (Å²) in [6.07, 6.45) is -3.00. The van der Waals surface area contributed by atoms with Crippen LogP contribution in [-0.2, 0) is 9.47 Å². The molecular formula is C10H14N2O6. The second kappa shape index (κ2) is 5.02. The highest BCUT2D eigenvalue weighted by molar-refractivity contribution is 4.93. The Morgan fingerprint density at radius 3 is 2.78 bits per heavy atom. The first kappa shape index (κ1) is 13.0. The molecule has 0 aromatic carbocycles. The topological polar surface area (TPSA) is 114 Å². The summed E-state index contributed by atoms with van der Waals surface area (Å²) in [7, 11) is 1.43. The van der Waals surface area contributed by atoms with E-state index in [4.69, 9.17) is 9.47 Å². The van der Waals surface area contributed by atoms with Crippen LogP contribution in [0.4, 0.5) is 0 Å². The van der Waals surface area contributed by atoms with Gasteiger partial charge in [-0.15, -0.1) is 0 Å². The zero-order chi connectivity index (χ0) is 13.3. The normalized spacial score (nSPS) is 31.7. The molecular weight excluding hydrogens is 244 g/mol. The summed E-state index contributed by atoms with van der Waals surface area (Å²) < 4.78 is 11.2. The lowest BCUT2D eigenvalue weighted by Crippen LogP contribution is -2.37. The molecule has 1 aromatic rings. The minimum absolute atomic E-state index is 0.0901. The maximum absolute atomic E-state index is 11.5. The molecule has 4 atom stereocenters. The molecule has 4 unspecified atom stereocenters. The number of aliphatic hydroxyl groups is 2. The first-order valence-electron chi connectivity index (χ1n) is 5.36. The van der Waals surface area contributed by atoms with Crippen molar-refractivity contribution < 1.29 is 19.7 Å². The summed E-state index contributed by atoms with van der Waals surface area (Å²) in [5.74, 6) is 0. The number of hydrogen-bond acceptors (Lipinski definition) is 6. The summed E-state index contributed by atoms with van der Waals surface area (Å²) in [4.78, 5) is 24.5. The molecule has 0 bridgehead atoms. The zero-order valence-electron chi connectivity index (χ0n) is 9.65. The molecule has 0 aliphatic carbocycles. The minimum atomic E-state index is -1.27. The second-order valence-electron chi connectivity index (χ2n) is 4.02. The van der Waals surface area contributed by atoms with Crippen LogP contribution in [0.1, 0.15) is 6.23 Å². The minimum Gasteiger partial charge on any atom is -0.387 e. The number of H-pyrrole nitrogens is 1. The number of rotatable bonds is 3. The lowest BCUT2D eigenvalue weighted by Gasteiger charge is -2.16. The molecule has 3 N–H and O–H groups in total. The fraction of sp³-hybridized carbons (Fsp3) is 0.600. The molecule has 0 amide bonds. The van der Waals surface area contributed by atoms with Crippen LogP contribution in [0.3, 0.4) is 0 Å². The van der Waals surface area contributed by atoms with E-state index in [1.165, 1.54) is 13.3 Å². The van der Waals surface area contributed by atoms with Gasteiger partial charge < -0.3 is 19.7 Å². The number of aromatic amines is 1. The number of aliphatic hydroxyl groups excluding tert-OH is 2. The van der Waals surface area contributed by atoms with Crippen LogP contribution < -0.4 is 11.2 Å². The summed E-state index contributed by atoms with van der Waals surface area (Å²) in [6.45, 7) is 0.0901. The van der Waals surface area contributed by atoms with E-state index in [1.807, 2.05) is 4.98 Å². The third-order valence-electron chi connectivity index (χ3n) is 2.79. The number of nitrogens with one attached hydrogen (secondary N) is 1. The molecule has 100 valence electrons. The molecule has 0 radical (unpaired) electrons. The van der Waals surface area contributed by atoms with Crippen LogP contribution in [0, 0.1) is 0 Å². The van der Waals surface area contributed by atoms with Gasteiger partial charge in [0, 0.05) is 19.4 Å². The van der Waals surface area contributed by atoms with Crippen molar-refractivity contribution in [3.63, 3.8) is 0 Å². The van der Waals surface area contributed by atoms with Crippen LogP contribution in [0.25, 0.3) is 0 Å². The van der Waals surface area contributed by atoms with Crippen molar-refractivity contribution in [3.05, 3.63) is 33.1 Å². The molecule has 1 fully saturated rings. The van der Waals surface area contributed by atoms with Gasteiger partial charge in [-0.3, -0.25) is 14.3 Å². The van der Waals surface area contributed by atoms with Crippen molar-refractivity contribution in [1.82, 2.24) is 9.55 Å². The predicted octanol–water partition coefficient (Wildman–Crippen LogP) is -2.20. The van der Waals surface area contributed by atoms with E-state index in [1.54, 1.807) is 0 Å². The Morgan fingerprint density at radius 1 is 1.44 bits per heavy atom. The molecule has 8 heteroatoms. The SMILES string of the molecule is COCC1OC(n2ccc(=O)[nH]c2=O)C(O)C1O. The van der Waals surface area contributed by atoms with Crippen LogP contribution in [0.15, 0.2) is 21.9 Å². The van der Waals surface area contributed by atoms with Crippen LogP contribution in [0.5, 0.6) is 0 Å². The van der Waals surface area contributed by atoms with Gasteiger partial charge in [0.15, 0.2) is 6.23 Å². The van der Waals surface area contributed by atoms with Gasteiger partial charge in [0.05, 0.1) is 6.61 Å². The predicted molar refractivity (Wildman–Crippen MR) is 59.1 cm³/mol. The highest BCUT2D eigenvalue weighted by atomic mass is 16.6. The number of hydrogen-bond donors (Lipinski definition) is 3. The average Bonchev–Trinajstić information content (AvgIpc) is 2.58. The molecule has 2 heterocycles. The Balaban J connectivity index is 2.29. The number of methoxy groups -OCH3 is 1. The second-order valence-corrected chi connectivity index (χ2v) is 4.02. The monoisotopic (exact) mass is 258 g/mol. The molecule has 8 nitrogen and oxygen atoms in total. The fourth-order valence-corrected chi connectivity index (χ4v) is 1.89. The quantitative estimate of drug-likeness (QED) is 0.567. The lowest BCUT2D eigenvalue weighted by atomic mass is 10.1. The molecule has 2 rings (SSSR count). The van der Waals surface area contributed by atoms with E-state index >= 15 is 0 Å². The zero-order valence-corrected chi connectivity index (χ0v) is 9.65. The molecule has 0 spiro atoms. The lowest BCUT2D eigenvalue weighted by molar-refractivity contribution is -0.0614. The van der Waals surface area contributed by atoms with Gasteiger partial charge in [-0.25, -0.2) is 4.79 Å². The molecule has 18 heavy (non-hydrogen) atoms. The molecule has 1 aliphatic rings. The molecule has 1 saturated heterocycles. The van der Waals surface area contributed by atoms with Crippen LogP contribution >= 0.6 is 0 Å². The van der Waals surface area contributed by atoms with Gasteiger partial charge in [-0.1, -0.05) is 0 Å². The van der Waals surface area contributed by atoms with Gasteiger partial charge in [-0.2, -0.15) is 0 Å². The Labute approximate surface area is 101 Å². The number of ether oxygens (including phenoxy) is 2. The van der Waals surface area contributed by atoms with E-state index in [9.17, 15) is 19.8 Å². The summed E-state index contributed by atoms with van der Waals surface area (Å²) in [6, 6.07) is 1.13. The summed E-state index contributed by atoms with van der Waals surface area (Å²) in [5, 5.41) is 19.5. The summed E-state index contributed by atoms with van der Waals surface area (Å²) in [5.41, 5.74) is -1.26.